The number of rotatable bonds is 6. The molecule has 2 N–H and O–H groups in total. The van der Waals surface area contributed by atoms with E-state index in [1.165, 1.54) is 19.3 Å². The van der Waals surface area contributed by atoms with Crippen LogP contribution in [0, 0.1) is 0 Å². The molecule has 0 aromatic carbocycles. The SMILES string of the molecule is COCCCC(C)(O)CC1CCCCN1. The van der Waals surface area contributed by atoms with Crippen molar-refractivity contribution < 1.29 is 9.84 Å². The third kappa shape index (κ3) is 5.50. The van der Waals surface area contributed by atoms with Crippen LogP contribution in [0.4, 0.5) is 0 Å². The van der Waals surface area contributed by atoms with E-state index in [9.17, 15) is 5.11 Å². The fraction of sp³-hybridized carbons (Fsp3) is 1.00. The van der Waals surface area contributed by atoms with Gasteiger partial charge in [0.25, 0.3) is 0 Å². The molecular formula is C12H25NO2. The molecule has 2 atom stereocenters. The Morgan fingerprint density at radius 3 is 2.87 bits per heavy atom. The molecule has 0 aromatic rings. The maximum atomic E-state index is 10.2. The fourth-order valence-corrected chi connectivity index (χ4v) is 2.33. The van der Waals surface area contributed by atoms with E-state index in [4.69, 9.17) is 4.74 Å². The average molecular weight is 215 g/mol. The highest BCUT2D eigenvalue weighted by Gasteiger charge is 2.25. The van der Waals surface area contributed by atoms with Gasteiger partial charge in [0, 0.05) is 19.8 Å². The molecule has 15 heavy (non-hydrogen) atoms. The van der Waals surface area contributed by atoms with Gasteiger partial charge in [0.1, 0.15) is 0 Å². The van der Waals surface area contributed by atoms with E-state index >= 15 is 0 Å². The van der Waals surface area contributed by atoms with Crippen LogP contribution in [0.1, 0.15) is 45.4 Å². The summed E-state index contributed by atoms with van der Waals surface area (Å²) >= 11 is 0. The minimum absolute atomic E-state index is 0.510. The first-order chi connectivity index (χ1) is 7.14. The van der Waals surface area contributed by atoms with E-state index in [0.717, 1.165) is 32.4 Å². The number of hydrogen-bond donors (Lipinski definition) is 2. The molecule has 90 valence electrons. The summed E-state index contributed by atoms with van der Waals surface area (Å²) in [5, 5.41) is 13.7. The van der Waals surface area contributed by atoms with Gasteiger partial charge in [-0.1, -0.05) is 6.42 Å². The molecule has 2 unspecified atom stereocenters. The van der Waals surface area contributed by atoms with E-state index in [1.54, 1.807) is 7.11 Å². The van der Waals surface area contributed by atoms with Crippen LogP contribution in [-0.4, -0.2) is 37.0 Å². The molecule has 0 bridgehead atoms. The summed E-state index contributed by atoms with van der Waals surface area (Å²) in [5.41, 5.74) is -0.534. The number of nitrogens with one attached hydrogen (secondary N) is 1. The van der Waals surface area contributed by atoms with Crippen LogP contribution in [-0.2, 0) is 4.74 Å². The normalized spacial score (nSPS) is 26.2. The van der Waals surface area contributed by atoms with Crippen LogP contribution in [0.3, 0.4) is 0 Å². The van der Waals surface area contributed by atoms with E-state index in [1.807, 2.05) is 6.92 Å². The van der Waals surface area contributed by atoms with Gasteiger partial charge in [0.15, 0.2) is 0 Å². The van der Waals surface area contributed by atoms with Gasteiger partial charge in [-0.15, -0.1) is 0 Å². The molecule has 3 heteroatoms. The summed E-state index contributed by atoms with van der Waals surface area (Å²) in [6.07, 6.45) is 6.43. The summed E-state index contributed by atoms with van der Waals surface area (Å²) < 4.78 is 5.00. The Kier molecular flexibility index (Phi) is 5.58. The Labute approximate surface area is 93.2 Å². The zero-order valence-corrected chi connectivity index (χ0v) is 10.1. The van der Waals surface area contributed by atoms with Crippen LogP contribution >= 0.6 is 0 Å². The Morgan fingerprint density at radius 2 is 2.27 bits per heavy atom. The molecular weight excluding hydrogens is 190 g/mol. The van der Waals surface area contributed by atoms with Crippen molar-refractivity contribution in [1.82, 2.24) is 5.32 Å². The first-order valence-corrected chi connectivity index (χ1v) is 6.09. The van der Waals surface area contributed by atoms with Crippen molar-refractivity contribution in [2.45, 2.75) is 57.1 Å². The van der Waals surface area contributed by atoms with Crippen LogP contribution in [0.25, 0.3) is 0 Å². The van der Waals surface area contributed by atoms with Gasteiger partial charge in [-0.2, -0.15) is 0 Å². The van der Waals surface area contributed by atoms with Crippen LogP contribution in [0.5, 0.6) is 0 Å². The third-order valence-electron chi connectivity index (χ3n) is 3.16. The van der Waals surface area contributed by atoms with Crippen molar-refractivity contribution in [3.05, 3.63) is 0 Å². The second-order valence-corrected chi connectivity index (χ2v) is 4.94. The van der Waals surface area contributed by atoms with Crippen LogP contribution in [0.15, 0.2) is 0 Å². The van der Waals surface area contributed by atoms with Crippen molar-refractivity contribution in [3.8, 4) is 0 Å². The van der Waals surface area contributed by atoms with Crippen molar-refractivity contribution in [2.75, 3.05) is 20.3 Å². The smallest absolute Gasteiger partial charge is 0.0635 e. The Balaban J connectivity index is 2.20. The summed E-state index contributed by atoms with van der Waals surface area (Å²) in [7, 11) is 1.71. The molecule has 1 saturated heterocycles. The Bertz CT molecular complexity index is 165. The molecule has 1 aliphatic rings. The monoisotopic (exact) mass is 215 g/mol. The summed E-state index contributed by atoms with van der Waals surface area (Å²) in [4.78, 5) is 0. The minimum Gasteiger partial charge on any atom is -0.390 e. The number of methoxy groups -OCH3 is 1. The first-order valence-electron chi connectivity index (χ1n) is 6.09. The van der Waals surface area contributed by atoms with Gasteiger partial charge < -0.3 is 15.2 Å². The number of piperidine rings is 1. The average Bonchev–Trinajstić information content (AvgIpc) is 2.18. The lowest BCUT2D eigenvalue weighted by Gasteiger charge is -2.31. The van der Waals surface area contributed by atoms with Crippen molar-refractivity contribution in [2.24, 2.45) is 0 Å². The summed E-state index contributed by atoms with van der Waals surface area (Å²) in [6.45, 7) is 3.80. The number of aliphatic hydroxyl groups is 1. The Hall–Kier alpha value is -0.120. The predicted molar refractivity (Wildman–Crippen MR) is 62.0 cm³/mol. The van der Waals surface area contributed by atoms with Gasteiger partial charge >= 0.3 is 0 Å². The number of hydrogen-bond acceptors (Lipinski definition) is 3. The van der Waals surface area contributed by atoms with Gasteiger partial charge in [-0.25, -0.2) is 0 Å². The third-order valence-corrected chi connectivity index (χ3v) is 3.16. The zero-order chi connectivity index (χ0) is 11.1. The first kappa shape index (κ1) is 12.9. The maximum absolute atomic E-state index is 10.2. The molecule has 0 aromatic heterocycles. The zero-order valence-electron chi connectivity index (χ0n) is 10.1. The van der Waals surface area contributed by atoms with Crippen LogP contribution in [0.2, 0.25) is 0 Å². The largest absolute Gasteiger partial charge is 0.390 e. The van der Waals surface area contributed by atoms with E-state index in [-0.39, 0.29) is 0 Å². The van der Waals surface area contributed by atoms with Gasteiger partial charge in [-0.3, -0.25) is 0 Å². The summed E-state index contributed by atoms with van der Waals surface area (Å²) in [5.74, 6) is 0. The van der Waals surface area contributed by atoms with Crippen molar-refractivity contribution in [3.63, 3.8) is 0 Å². The van der Waals surface area contributed by atoms with E-state index in [0.29, 0.717) is 6.04 Å². The molecule has 1 fully saturated rings. The number of ether oxygens (including phenoxy) is 1. The molecule has 0 amide bonds. The second-order valence-electron chi connectivity index (χ2n) is 4.94. The van der Waals surface area contributed by atoms with Gasteiger partial charge in [0.2, 0.25) is 0 Å². The lowest BCUT2D eigenvalue weighted by molar-refractivity contribution is 0.0203. The van der Waals surface area contributed by atoms with Gasteiger partial charge in [-0.05, 0) is 45.6 Å². The lowest BCUT2D eigenvalue weighted by Crippen LogP contribution is -2.41. The lowest BCUT2D eigenvalue weighted by atomic mass is 9.88. The highest BCUT2D eigenvalue weighted by molar-refractivity contribution is 4.82. The molecule has 1 aliphatic heterocycles. The molecule has 0 aliphatic carbocycles. The van der Waals surface area contributed by atoms with Crippen molar-refractivity contribution in [1.29, 1.82) is 0 Å². The summed E-state index contributed by atoms with van der Waals surface area (Å²) in [6, 6.07) is 0.510. The molecule has 0 spiro atoms. The maximum Gasteiger partial charge on any atom is 0.0635 e. The molecule has 1 heterocycles. The van der Waals surface area contributed by atoms with E-state index in [2.05, 4.69) is 5.32 Å². The molecule has 3 nitrogen and oxygen atoms in total. The minimum atomic E-state index is -0.534. The predicted octanol–water partition coefficient (Wildman–Crippen LogP) is 1.70. The molecule has 0 radical (unpaired) electrons. The van der Waals surface area contributed by atoms with Crippen LogP contribution < -0.4 is 5.32 Å². The Morgan fingerprint density at radius 1 is 1.47 bits per heavy atom. The molecule has 1 rings (SSSR count). The second kappa shape index (κ2) is 6.46. The standard InChI is InChI=1S/C12H25NO2/c1-12(14,7-5-9-15-2)10-11-6-3-4-8-13-11/h11,13-14H,3-10H2,1-2H3. The van der Waals surface area contributed by atoms with E-state index < -0.39 is 5.60 Å². The molecule has 0 saturated carbocycles. The topological polar surface area (TPSA) is 41.5 Å². The fourth-order valence-electron chi connectivity index (χ4n) is 2.33. The highest BCUT2D eigenvalue weighted by Crippen LogP contribution is 2.22. The van der Waals surface area contributed by atoms with Gasteiger partial charge in [0.05, 0.1) is 5.60 Å². The highest BCUT2D eigenvalue weighted by atomic mass is 16.5. The quantitative estimate of drug-likeness (QED) is 0.663. The van der Waals surface area contributed by atoms with Crippen molar-refractivity contribution >= 4 is 0 Å².